The van der Waals surface area contributed by atoms with E-state index in [1.807, 2.05) is 24.3 Å². The van der Waals surface area contributed by atoms with Crippen molar-refractivity contribution >= 4 is 5.97 Å². The minimum absolute atomic E-state index is 0.141. The summed E-state index contributed by atoms with van der Waals surface area (Å²) in [5.41, 5.74) is 0.993. The van der Waals surface area contributed by atoms with Crippen LogP contribution in [0, 0.1) is 0 Å². The Balaban J connectivity index is 1.90. The average molecular weight is 358 g/mol. The number of benzene rings is 1. The van der Waals surface area contributed by atoms with Gasteiger partial charge >= 0.3 is 5.97 Å². The number of carbonyl (C=O) groups is 1. The van der Waals surface area contributed by atoms with E-state index in [1.165, 1.54) is 5.82 Å². The quantitative estimate of drug-likeness (QED) is 0.656. The zero-order valence-electron chi connectivity index (χ0n) is 15.9. The number of nitrogens with zero attached hydrogens (tertiary/aromatic N) is 2. The number of unbranched alkanes of at least 4 members (excludes halogenated alkanes) is 1. The van der Waals surface area contributed by atoms with Crippen molar-refractivity contribution in [1.82, 2.24) is 9.80 Å². The predicted molar refractivity (Wildman–Crippen MR) is 104 cm³/mol. The van der Waals surface area contributed by atoms with Crippen LogP contribution in [0.1, 0.15) is 31.7 Å². The average Bonchev–Trinajstić information content (AvgIpc) is 2.64. The zero-order chi connectivity index (χ0) is 18.8. The summed E-state index contributed by atoms with van der Waals surface area (Å²) in [6.07, 6.45) is 9.41. The second kappa shape index (κ2) is 10.5. The molecule has 26 heavy (non-hydrogen) atoms. The number of hydrogen-bond acceptors (Lipinski definition) is 4. The third kappa shape index (κ3) is 6.47. The van der Waals surface area contributed by atoms with Crippen LogP contribution in [-0.4, -0.2) is 54.2 Å². The fourth-order valence-electron chi connectivity index (χ4n) is 2.95. The molecule has 0 saturated carbocycles. The molecule has 5 heteroatoms. The fourth-order valence-corrected chi connectivity index (χ4v) is 2.95. The number of carboxylic acid groups (broad SMARTS) is 1. The SMILES string of the molecule is CCCCN(CCOc1cccc(CCC(=O)O)c1)C1=CC=CCN1C. The molecule has 0 saturated heterocycles. The van der Waals surface area contributed by atoms with Gasteiger partial charge in [0.1, 0.15) is 18.2 Å². The van der Waals surface area contributed by atoms with E-state index in [1.54, 1.807) is 0 Å². The molecule has 1 N–H and O–H groups in total. The highest BCUT2D eigenvalue weighted by molar-refractivity contribution is 5.67. The van der Waals surface area contributed by atoms with Crippen LogP contribution in [0.4, 0.5) is 0 Å². The van der Waals surface area contributed by atoms with Crippen LogP contribution in [0.3, 0.4) is 0 Å². The molecule has 0 radical (unpaired) electrons. The number of aliphatic carboxylic acids is 1. The number of aryl methyl sites for hydroxylation is 1. The van der Waals surface area contributed by atoms with Crippen LogP contribution in [0.15, 0.2) is 48.3 Å². The monoisotopic (exact) mass is 358 g/mol. The summed E-state index contributed by atoms with van der Waals surface area (Å²) in [7, 11) is 2.11. The van der Waals surface area contributed by atoms with E-state index >= 15 is 0 Å². The summed E-state index contributed by atoms with van der Waals surface area (Å²) in [4.78, 5) is 15.3. The lowest BCUT2D eigenvalue weighted by atomic mass is 10.1. The largest absolute Gasteiger partial charge is 0.492 e. The highest BCUT2D eigenvalue weighted by atomic mass is 16.5. The molecular formula is C21H30N2O3. The molecule has 1 aromatic carbocycles. The first-order valence-electron chi connectivity index (χ1n) is 9.36. The molecule has 1 aliphatic rings. The van der Waals surface area contributed by atoms with Gasteiger partial charge in [-0.3, -0.25) is 4.79 Å². The maximum Gasteiger partial charge on any atom is 0.303 e. The lowest BCUT2D eigenvalue weighted by Crippen LogP contribution is -2.37. The van der Waals surface area contributed by atoms with E-state index in [0.717, 1.165) is 43.8 Å². The molecule has 0 aromatic heterocycles. The van der Waals surface area contributed by atoms with Crippen LogP contribution < -0.4 is 4.74 Å². The molecule has 0 amide bonds. The van der Waals surface area contributed by atoms with Gasteiger partial charge in [0.15, 0.2) is 0 Å². The molecule has 1 aromatic rings. The van der Waals surface area contributed by atoms with Gasteiger partial charge in [-0.25, -0.2) is 0 Å². The third-order valence-electron chi connectivity index (χ3n) is 4.41. The number of carboxylic acids is 1. The Morgan fingerprint density at radius 1 is 1.35 bits per heavy atom. The lowest BCUT2D eigenvalue weighted by molar-refractivity contribution is -0.136. The topological polar surface area (TPSA) is 53.0 Å². The standard InChI is InChI=1S/C21H30N2O3/c1-3-4-14-23(20-10-5-6-13-22(20)2)15-16-26-19-9-7-8-18(17-19)11-12-21(24)25/h5-10,17H,3-4,11-16H2,1-2H3,(H,24,25). The van der Waals surface area contributed by atoms with Crippen molar-refractivity contribution in [1.29, 1.82) is 0 Å². The first kappa shape index (κ1) is 19.9. The Kier molecular flexibility index (Phi) is 8.06. The Morgan fingerprint density at radius 3 is 2.92 bits per heavy atom. The van der Waals surface area contributed by atoms with Gasteiger partial charge in [0.25, 0.3) is 0 Å². The zero-order valence-corrected chi connectivity index (χ0v) is 15.9. The minimum Gasteiger partial charge on any atom is -0.492 e. The lowest BCUT2D eigenvalue weighted by Gasteiger charge is -2.34. The Morgan fingerprint density at radius 2 is 2.19 bits per heavy atom. The maximum atomic E-state index is 10.7. The molecule has 0 aliphatic carbocycles. The normalized spacial score (nSPS) is 13.5. The van der Waals surface area contributed by atoms with Crippen LogP contribution in [0.25, 0.3) is 0 Å². The molecule has 0 atom stereocenters. The summed E-state index contributed by atoms with van der Waals surface area (Å²) >= 11 is 0. The van der Waals surface area contributed by atoms with Crippen LogP contribution in [0.5, 0.6) is 5.75 Å². The van der Waals surface area contributed by atoms with E-state index in [9.17, 15) is 4.79 Å². The van der Waals surface area contributed by atoms with Crippen molar-refractivity contribution < 1.29 is 14.6 Å². The molecular weight excluding hydrogens is 328 g/mol. The third-order valence-corrected chi connectivity index (χ3v) is 4.41. The molecule has 5 nitrogen and oxygen atoms in total. The van der Waals surface area contributed by atoms with Gasteiger partial charge in [-0.05, 0) is 36.6 Å². The van der Waals surface area contributed by atoms with Crippen molar-refractivity contribution in [3.05, 3.63) is 53.9 Å². The molecule has 0 spiro atoms. The van der Waals surface area contributed by atoms with E-state index in [0.29, 0.717) is 13.0 Å². The van der Waals surface area contributed by atoms with E-state index in [-0.39, 0.29) is 6.42 Å². The molecule has 0 bridgehead atoms. The summed E-state index contributed by atoms with van der Waals surface area (Å²) < 4.78 is 5.94. The molecule has 142 valence electrons. The Hall–Kier alpha value is -2.43. The minimum atomic E-state index is -0.776. The van der Waals surface area contributed by atoms with Crippen LogP contribution >= 0.6 is 0 Å². The first-order chi connectivity index (χ1) is 12.6. The molecule has 2 rings (SSSR count). The van der Waals surface area contributed by atoms with Gasteiger partial charge in [-0.1, -0.05) is 37.6 Å². The number of likely N-dealkylation sites (N-methyl/N-ethyl adjacent to an activating group) is 1. The van der Waals surface area contributed by atoms with E-state index in [2.05, 4.69) is 42.0 Å². The second-order valence-electron chi connectivity index (χ2n) is 6.56. The van der Waals surface area contributed by atoms with Crippen LogP contribution in [-0.2, 0) is 11.2 Å². The Bertz CT molecular complexity index is 640. The van der Waals surface area contributed by atoms with Gasteiger partial charge in [0, 0.05) is 26.6 Å². The molecule has 0 fully saturated rings. The van der Waals surface area contributed by atoms with Crippen molar-refractivity contribution in [2.24, 2.45) is 0 Å². The maximum absolute atomic E-state index is 10.7. The summed E-state index contributed by atoms with van der Waals surface area (Å²) in [6, 6.07) is 7.73. The van der Waals surface area contributed by atoms with Gasteiger partial charge in [-0.15, -0.1) is 0 Å². The summed E-state index contributed by atoms with van der Waals surface area (Å²) in [5, 5.41) is 8.81. The first-order valence-corrected chi connectivity index (χ1v) is 9.36. The smallest absolute Gasteiger partial charge is 0.303 e. The number of allylic oxidation sites excluding steroid dienone is 2. The van der Waals surface area contributed by atoms with Crippen molar-refractivity contribution in [2.45, 2.75) is 32.6 Å². The molecule has 1 heterocycles. The van der Waals surface area contributed by atoms with Crippen molar-refractivity contribution in [3.8, 4) is 5.75 Å². The van der Waals surface area contributed by atoms with Gasteiger partial charge in [0.2, 0.25) is 0 Å². The van der Waals surface area contributed by atoms with E-state index in [4.69, 9.17) is 9.84 Å². The number of rotatable bonds is 11. The summed E-state index contributed by atoms with van der Waals surface area (Å²) in [6.45, 7) is 5.57. The Labute approximate surface area is 156 Å². The van der Waals surface area contributed by atoms with Crippen molar-refractivity contribution in [2.75, 3.05) is 33.3 Å². The van der Waals surface area contributed by atoms with Crippen LogP contribution in [0.2, 0.25) is 0 Å². The highest BCUT2D eigenvalue weighted by Gasteiger charge is 2.14. The van der Waals surface area contributed by atoms with Gasteiger partial charge < -0.3 is 19.6 Å². The fraction of sp³-hybridized carbons (Fsp3) is 0.476. The van der Waals surface area contributed by atoms with Gasteiger partial charge in [0.05, 0.1) is 6.54 Å². The predicted octanol–water partition coefficient (Wildman–Crippen LogP) is 3.53. The molecule has 1 aliphatic heterocycles. The summed E-state index contributed by atoms with van der Waals surface area (Å²) in [5.74, 6) is 1.26. The second-order valence-corrected chi connectivity index (χ2v) is 6.56. The van der Waals surface area contributed by atoms with Gasteiger partial charge in [-0.2, -0.15) is 0 Å². The van der Waals surface area contributed by atoms with E-state index < -0.39 is 5.97 Å². The molecule has 0 unspecified atom stereocenters. The number of hydrogen-bond donors (Lipinski definition) is 1. The highest BCUT2D eigenvalue weighted by Crippen LogP contribution is 2.17. The van der Waals surface area contributed by atoms with Crippen molar-refractivity contribution in [3.63, 3.8) is 0 Å². The number of ether oxygens (including phenoxy) is 1.